The van der Waals surface area contributed by atoms with E-state index in [1.165, 1.54) is 45.9 Å². The lowest BCUT2D eigenvalue weighted by Crippen LogP contribution is -2.52. The molecule has 4 heteroatoms. The number of alkyl carbamates (subject to hydrolysis) is 1. The van der Waals surface area contributed by atoms with Crippen LogP contribution in [0.5, 0.6) is 0 Å². The molecule has 0 aromatic rings. The second kappa shape index (κ2) is 7.30. The van der Waals surface area contributed by atoms with Crippen molar-refractivity contribution in [3.63, 3.8) is 0 Å². The van der Waals surface area contributed by atoms with Gasteiger partial charge in [0.2, 0.25) is 0 Å². The average molecular weight is 282 g/mol. The highest BCUT2D eigenvalue weighted by atomic mass is 16.5. The summed E-state index contributed by atoms with van der Waals surface area (Å²) >= 11 is 0. The predicted molar refractivity (Wildman–Crippen MR) is 80.7 cm³/mol. The van der Waals surface area contributed by atoms with E-state index in [2.05, 4.69) is 24.1 Å². The second-order valence-corrected chi connectivity index (χ2v) is 6.94. The zero-order valence-electron chi connectivity index (χ0n) is 13.2. The highest BCUT2D eigenvalue weighted by Crippen LogP contribution is 2.29. The summed E-state index contributed by atoms with van der Waals surface area (Å²) in [5.41, 5.74) is 0. The lowest BCUT2D eigenvalue weighted by atomic mass is 9.85. The lowest BCUT2D eigenvalue weighted by molar-refractivity contribution is 0.0955. The Morgan fingerprint density at radius 2 is 2.00 bits per heavy atom. The van der Waals surface area contributed by atoms with Crippen LogP contribution in [0.2, 0.25) is 0 Å². The molecule has 4 nitrogen and oxygen atoms in total. The zero-order valence-corrected chi connectivity index (χ0v) is 13.2. The van der Waals surface area contributed by atoms with Crippen molar-refractivity contribution in [1.82, 2.24) is 10.2 Å². The Bertz CT molecular complexity index is 312. The molecule has 1 aliphatic carbocycles. The molecule has 0 spiro atoms. The van der Waals surface area contributed by atoms with Gasteiger partial charge in [-0.05, 0) is 37.0 Å². The van der Waals surface area contributed by atoms with E-state index in [0.717, 1.165) is 18.9 Å². The number of hydrogen-bond donors (Lipinski definition) is 1. The maximum atomic E-state index is 11.5. The molecule has 2 unspecified atom stereocenters. The molecule has 0 aromatic carbocycles. The molecule has 2 rings (SSSR count). The van der Waals surface area contributed by atoms with Gasteiger partial charge in [-0.2, -0.15) is 0 Å². The van der Waals surface area contributed by atoms with E-state index in [-0.39, 0.29) is 12.1 Å². The van der Waals surface area contributed by atoms with E-state index in [1.54, 1.807) is 0 Å². The van der Waals surface area contributed by atoms with Gasteiger partial charge in [-0.3, -0.25) is 0 Å². The van der Waals surface area contributed by atoms with E-state index in [1.807, 2.05) is 0 Å². The molecule has 20 heavy (non-hydrogen) atoms. The number of nitrogens with zero attached hydrogens (tertiary/aromatic N) is 1. The van der Waals surface area contributed by atoms with Crippen molar-refractivity contribution in [2.45, 2.75) is 52.0 Å². The first-order valence-electron chi connectivity index (χ1n) is 8.15. The van der Waals surface area contributed by atoms with E-state index >= 15 is 0 Å². The SMILES string of the molecule is COC(=O)NC1CC(C(C)C)CN(CC2CCCC2)C1. The molecule has 0 aromatic heterocycles. The van der Waals surface area contributed by atoms with E-state index in [0.29, 0.717) is 11.8 Å². The average Bonchev–Trinajstić information content (AvgIpc) is 2.91. The predicted octanol–water partition coefficient (Wildman–Crippen LogP) is 2.88. The minimum Gasteiger partial charge on any atom is -0.453 e. The van der Waals surface area contributed by atoms with Crippen molar-refractivity contribution in [3.05, 3.63) is 0 Å². The minimum atomic E-state index is -0.291. The van der Waals surface area contributed by atoms with Crippen LogP contribution in [-0.2, 0) is 4.74 Å². The quantitative estimate of drug-likeness (QED) is 0.862. The summed E-state index contributed by atoms with van der Waals surface area (Å²) in [6.45, 7) is 7.96. The van der Waals surface area contributed by atoms with Crippen LogP contribution < -0.4 is 5.32 Å². The normalized spacial score (nSPS) is 28.8. The van der Waals surface area contributed by atoms with Gasteiger partial charge in [-0.25, -0.2) is 4.79 Å². The van der Waals surface area contributed by atoms with Crippen molar-refractivity contribution < 1.29 is 9.53 Å². The Labute approximate surface area is 123 Å². The number of ether oxygens (including phenoxy) is 1. The maximum absolute atomic E-state index is 11.5. The minimum absolute atomic E-state index is 0.241. The van der Waals surface area contributed by atoms with Gasteiger partial charge < -0.3 is 15.0 Å². The molecule has 1 aliphatic heterocycles. The third kappa shape index (κ3) is 4.37. The van der Waals surface area contributed by atoms with Crippen LogP contribution in [0.15, 0.2) is 0 Å². The number of hydrogen-bond acceptors (Lipinski definition) is 3. The molecule has 2 fully saturated rings. The molecule has 1 amide bonds. The first-order chi connectivity index (χ1) is 9.58. The molecular formula is C16H30N2O2. The summed E-state index contributed by atoms with van der Waals surface area (Å²) < 4.78 is 4.75. The number of rotatable bonds is 4. The van der Waals surface area contributed by atoms with Crippen LogP contribution in [0, 0.1) is 17.8 Å². The summed E-state index contributed by atoms with van der Waals surface area (Å²) in [6, 6.07) is 0.241. The fourth-order valence-electron chi connectivity index (χ4n) is 3.75. The number of amides is 1. The molecule has 1 saturated carbocycles. The van der Waals surface area contributed by atoms with Gasteiger partial charge in [0.1, 0.15) is 0 Å². The van der Waals surface area contributed by atoms with E-state index in [4.69, 9.17) is 4.74 Å². The van der Waals surface area contributed by atoms with Crippen molar-refractivity contribution in [3.8, 4) is 0 Å². The molecule has 116 valence electrons. The largest absolute Gasteiger partial charge is 0.453 e. The summed E-state index contributed by atoms with van der Waals surface area (Å²) in [5, 5.41) is 3.01. The maximum Gasteiger partial charge on any atom is 0.407 e. The topological polar surface area (TPSA) is 41.6 Å². The van der Waals surface area contributed by atoms with Crippen LogP contribution in [-0.4, -0.2) is 43.8 Å². The van der Waals surface area contributed by atoms with Crippen molar-refractivity contribution in [2.75, 3.05) is 26.7 Å². The fraction of sp³-hybridized carbons (Fsp3) is 0.938. The first-order valence-corrected chi connectivity index (χ1v) is 8.15. The number of carbonyl (C=O) groups is 1. The zero-order chi connectivity index (χ0) is 14.5. The van der Waals surface area contributed by atoms with Crippen molar-refractivity contribution in [1.29, 1.82) is 0 Å². The summed E-state index contributed by atoms with van der Waals surface area (Å²) in [5.74, 6) is 2.22. The van der Waals surface area contributed by atoms with Crippen molar-refractivity contribution >= 4 is 6.09 Å². The molecule has 1 heterocycles. The Morgan fingerprint density at radius 1 is 1.30 bits per heavy atom. The molecule has 0 radical (unpaired) electrons. The van der Waals surface area contributed by atoms with Gasteiger partial charge in [-0.15, -0.1) is 0 Å². The molecule has 1 N–H and O–H groups in total. The third-order valence-electron chi connectivity index (χ3n) is 5.00. The van der Waals surface area contributed by atoms with Crippen LogP contribution in [0.4, 0.5) is 4.79 Å². The Balaban J connectivity index is 1.90. The number of methoxy groups -OCH3 is 1. The number of nitrogens with one attached hydrogen (secondary N) is 1. The molecule has 2 atom stereocenters. The summed E-state index contributed by atoms with van der Waals surface area (Å²) in [4.78, 5) is 14.0. The van der Waals surface area contributed by atoms with Gasteiger partial charge in [0, 0.05) is 25.7 Å². The second-order valence-electron chi connectivity index (χ2n) is 6.94. The number of carbonyl (C=O) groups excluding carboxylic acids is 1. The van der Waals surface area contributed by atoms with Gasteiger partial charge >= 0.3 is 6.09 Å². The molecule has 1 saturated heterocycles. The molecule has 0 bridgehead atoms. The molecular weight excluding hydrogens is 252 g/mol. The Kier molecular flexibility index (Phi) is 5.70. The Hall–Kier alpha value is -0.770. The standard InChI is InChI=1S/C16H30N2O2/c1-12(2)14-8-15(17-16(19)20-3)11-18(10-14)9-13-6-4-5-7-13/h12-15H,4-11H2,1-3H3,(H,17,19). The van der Waals surface area contributed by atoms with Gasteiger partial charge in [0.25, 0.3) is 0 Å². The van der Waals surface area contributed by atoms with Gasteiger partial charge in [-0.1, -0.05) is 26.7 Å². The van der Waals surface area contributed by atoms with E-state index in [9.17, 15) is 4.79 Å². The van der Waals surface area contributed by atoms with Gasteiger partial charge in [0.05, 0.1) is 7.11 Å². The van der Waals surface area contributed by atoms with E-state index < -0.39 is 0 Å². The van der Waals surface area contributed by atoms with Crippen LogP contribution >= 0.6 is 0 Å². The highest BCUT2D eigenvalue weighted by molar-refractivity contribution is 5.67. The van der Waals surface area contributed by atoms with Crippen molar-refractivity contribution in [2.24, 2.45) is 17.8 Å². The third-order valence-corrected chi connectivity index (χ3v) is 5.00. The first kappa shape index (κ1) is 15.6. The van der Waals surface area contributed by atoms with Gasteiger partial charge in [0.15, 0.2) is 0 Å². The lowest BCUT2D eigenvalue weighted by Gasteiger charge is -2.40. The van der Waals surface area contributed by atoms with Crippen LogP contribution in [0.25, 0.3) is 0 Å². The van der Waals surface area contributed by atoms with Crippen LogP contribution in [0.3, 0.4) is 0 Å². The fourth-order valence-corrected chi connectivity index (χ4v) is 3.75. The number of likely N-dealkylation sites (tertiary alicyclic amines) is 1. The smallest absolute Gasteiger partial charge is 0.407 e. The summed E-state index contributed by atoms with van der Waals surface area (Å²) in [6.07, 6.45) is 6.36. The monoisotopic (exact) mass is 282 g/mol. The molecule has 2 aliphatic rings. The summed E-state index contributed by atoms with van der Waals surface area (Å²) in [7, 11) is 1.44. The highest BCUT2D eigenvalue weighted by Gasteiger charge is 2.31. The van der Waals surface area contributed by atoms with Crippen LogP contribution in [0.1, 0.15) is 46.0 Å². The Morgan fingerprint density at radius 3 is 2.60 bits per heavy atom. The number of piperidine rings is 1.